The predicted octanol–water partition coefficient (Wildman–Crippen LogP) is 0.115. The van der Waals surface area contributed by atoms with Crippen molar-refractivity contribution in [2.75, 3.05) is 19.7 Å². The monoisotopic (exact) mass is 298 g/mol. The number of hydrogen-bond acceptors (Lipinski definition) is 6. The molecule has 0 atom stereocenters. The lowest BCUT2D eigenvalue weighted by atomic mass is 10.5. The Labute approximate surface area is 111 Å². The lowest BCUT2D eigenvalue weighted by molar-refractivity contribution is 0.0484. The van der Waals surface area contributed by atoms with Gasteiger partial charge in [0.1, 0.15) is 0 Å². The van der Waals surface area contributed by atoms with Gasteiger partial charge in [0.15, 0.2) is 0 Å². The quantitative estimate of drug-likeness (QED) is 0.721. The number of ether oxygens (including phenoxy) is 1. The second-order valence-electron chi connectivity index (χ2n) is 3.03. The van der Waals surface area contributed by atoms with Crippen LogP contribution in [-0.4, -0.2) is 34.1 Å². The van der Waals surface area contributed by atoms with E-state index in [0.717, 1.165) is 0 Å². The third-order valence-electron chi connectivity index (χ3n) is 1.76. The van der Waals surface area contributed by atoms with Crippen LogP contribution in [0.1, 0.15) is 17.5 Å². The van der Waals surface area contributed by atoms with Crippen LogP contribution in [-0.2, 0) is 14.8 Å². The number of carbonyl (C=O) groups is 1. The number of hydrogen-bond donors (Lipinski definition) is 2. The summed E-state index contributed by atoms with van der Waals surface area (Å²) in [6.07, 6.45) is 0. The first-order chi connectivity index (χ1) is 8.01. The first kappa shape index (κ1) is 16.9. The molecule has 7 nitrogen and oxygen atoms in total. The van der Waals surface area contributed by atoms with Crippen LogP contribution in [0.5, 0.6) is 0 Å². The van der Waals surface area contributed by atoms with E-state index in [-0.39, 0.29) is 43.0 Å². The summed E-state index contributed by atoms with van der Waals surface area (Å²) in [4.78, 5) is 11.2. The molecular weight excluding hydrogens is 284 g/mol. The van der Waals surface area contributed by atoms with Crippen LogP contribution in [0.4, 0.5) is 0 Å². The molecule has 0 aliphatic heterocycles. The van der Waals surface area contributed by atoms with Crippen molar-refractivity contribution in [3.05, 3.63) is 17.9 Å². The molecule has 0 radical (unpaired) electrons. The number of nitrogens with one attached hydrogen (secondary N) is 1. The molecule has 0 saturated heterocycles. The molecule has 1 aromatic rings. The van der Waals surface area contributed by atoms with Gasteiger partial charge in [-0.1, -0.05) is 0 Å². The molecule has 0 amide bonds. The van der Waals surface area contributed by atoms with E-state index in [0.29, 0.717) is 0 Å². The maximum atomic E-state index is 11.6. The average Bonchev–Trinajstić information content (AvgIpc) is 2.77. The summed E-state index contributed by atoms with van der Waals surface area (Å²) in [7, 11) is -3.75. The molecule has 18 heavy (non-hydrogen) atoms. The van der Waals surface area contributed by atoms with Crippen molar-refractivity contribution in [1.82, 2.24) is 4.72 Å². The van der Waals surface area contributed by atoms with Gasteiger partial charge in [-0.15, -0.1) is 12.4 Å². The Balaban J connectivity index is 0.00000289. The fourth-order valence-electron chi connectivity index (χ4n) is 1.04. The zero-order chi connectivity index (χ0) is 12.9. The molecule has 0 aromatic carbocycles. The molecule has 9 heteroatoms. The minimum Gasteiger partial charge on any atom is -0.460 e. The zero-order valence-corrected chi connectivity index (χ0v) is 11.3. The number of sulfonamides is 1. The average molecular weight is 299 g/mol. The second-order valence-corrected chi connectivity index (χ2v) is 4.72. The summed E-state index contributed by atoms with van der Waals surface area (Å²) < 4.78 is 34.9. The lowest BCUT2D eigenvalue weighted by Gasteiger charge is -2.01. The van der Waals surface area contributed by atoms with Gasteiger partial charge in [0.2, 0.25) is 10.9 Å². The van der Waals surface area contributed by atoms with Crippen LogP contribution in [0.15, 0.2) is 21.6 Å². The first-order valence-electron chi connectivity index (χ1n) is 4.98. The van der Waals surface area contributed by atoms with E-state index in [1.807, 2.05) is 0 Å². The molecule has 1 rings (SSSR count). The van der Waals surface area contributed by atoms with Crippen LogP contribution in [0.2, 0.25) is 0 Å². The molecule has 0 aliphatic carbocycles. The van der Waals surface area contributed by atoms with Crippen molar-refractivity contribution < 1.29 is 22.4 Å². The molecule has 104 valence electrons. The van der Waals surface area contributed by atoms with Crippen LogP contribution < -0.4 is 10.5 Å². The fraction of sp³-hybridized carbons (Fsp3) is 0.444. The van der Waals surface area contributed by atoms with Crippen molar-refractivity contribution in [1.29, 1.82) is 0 Å². The maximum Gasteiger partial charge on any atom is 0.374 e. The zero-order valence-electron chi connectivity index (χ0n) is 9.71. The van der Waals surface area contributed by atoms with Gasteiger partial charge in [0.05, 0.1) is 6.61 Å². The van der Waals surface area contributed by atoms with Crippen molar-refractivity contribution in [2.24, 2.45) is 5.73 Å². The standard InChI is InChI=1S/C9H14N2O5S.ClH/c1-2-15-9(12)7-3-4-8(16-7)17(13,14)11-6-5-10;/h3-4,11H,2,5-6,10H2,1H3;1H. The molecule has 0 aliphatic rings. The third-order valence-corrected chi connectivity index (χ3v) is 3.09. The van der Waals surface area contributed by atoms with Gasteiger partial charge < -0.3 is 14.9 Å². The Hall–Kier alpha value is -1.09. The first-order valence-corrected chi connectivity index (χ1v) is 6.46. The van der Waals surface area contributed by atoms with Crippen molar-refractivity contribution in [3.8, 4) is 0 Å². The van der Waals surface area contributed by atoms with Crippen LogP contribution in [0.25, 0.3) is 0 Å². The smallest absolute Gasteiger partial charge is 0.374 e. The van der Waals surface area contributed by atoms with Crippen molar-refractivity contribution >= 4 is 28.4 Å². The minimum atomic E-state index is -3.75. The SMILES string of the molecule is CCOC(=O)c1ccc(S(=O)(=O)NCCN)o1.Cl. The molecule has 0 saturated carbocycles. The van der Waals surface area contributed by atoms with E-state index < -0.39 is 16.0 Å². The highest BCUT2D eigenvalue weighted by Crippen LogP contribution is 2.14. The van der Waals surface area contributed by atoms with E-state index in [1.165, 1.54) is 12.1 Å². The minimum absolute atomic E-state index is 0. The lowest BCUT2D eigenvalue weighted by Crippen LogP contribution is -2.28. The largest absolute Gasteiger partial charge is 0.460 e. The van der Waals surface area contributed by atoms with Gasteiger partial charge in [-0.05, 0) is 19.1 Å². The molecule has 0 fully saturated rings. The van der Waals surface area contributed by atoms with Crippen LogP contribution in [0.3, 0.4) is 0 Å². The molecule has 0 unspecified atom stereocenters. The number of carbonyl (C=O) groups excluding carboxylic acids is 1. The Morgan fingerprint density at radius 2 is 2.17 bits per heavy atom. The Kier molecular flexibility index (Phi) is 6.92. The molecule has 0 bridgehead atoms. The highest BCUT2D eigenvalue weighted by molar-refractivity contribution is 7.89. The third kappa shape index (κ3) is 4.30. The van der Waals surface area contributed by atoms with E-state index in [2.05, 4.69) is 9.46 Å². The number of nitrogens with two attached hydrogens (primary N) is 1. The molecule has 1 aromatic heterocycles. The Morgan fingerprint density at radius 1 is 1.50 bits per heavy atom. The van der Waals surface area contributed by atoms with Gasteiger partial charge in [0, 0.05) is 13.1 Å². The maximum absolute atomic E-state index is 11.6. The Morgan fingerprint density at radius 3 is 2.72 bits per heavy atom. The van der Waals surface area contributed by atoms with Crippen LogP contribution in [0, 0.1) is 0 Å². The highest BCUT2D eigenvalue weighted by atomic mass is 35.5. The van der Waals surface area contributed by atoms with Crippen molar-refractivity contribution in [2.45, 2.75) is 12.0 Å². The molecular formula is C9H15ClN2O5S. The predicted molar refractivity (Wildman–Crippen MR) is 66.2 cm³/mol. The van der Waals surface area contributed by atoms with E-state index >= 15 is 0 Å². The van der Waals surface area contributed by atoms with Gasteiger partial charge in [-0.2, -0.15) is 0 Å². The topological polar surface area (TPSA) is 112 Å². The Bertz CT molecular complexity index is 485. The summed E-state index contributed by atoms with van der Waals surface area (Å²) >= 11 is 0. The number of rotatable bonds is 6. The molecule has 0 spiro atoms. The summed E-state index contributed by atoms with van der Waals surface area (Å²) in [5, 5.41) is -0.339. The molecule has 1 heterocycles. The summed E-state index contributed by atoms with van der Waals surface area (Å²) in [5.41, 5.74) is 5.18. The summed E-state index contributed by atoms with van der Waals surface area (Å²) in [6.45, 7) is 2.09. The number of esters is 1. The van der Waals surface area contributed by atoms with E-state index in [1.54, 1.807) is 6.92 Å². The van der Waals surface area contributed by atoms with Gasteiger partial charge in [-0.25, -0.2) is 17.9 Å². The van der Waals surface area contributed by atoms with Crippen molar-refractivity contribution in [3.63, 3.8) is 0 Å². The van der Waals surface area contributed by atoms with Gasteiger partial charge in [-0.3, -0.25) is 0 Å². The van der Waals surface area contributed by atoms with E-state index in [9.17, 15) is 13.2 Å². The van der Waals surface area contributed by atoms with Crippen LogP contribution >= 0.6 is 12.4 Å². The van der Waals surface area contributed by atoms with Gasteiger partial charge >= 0.3 is 5.97 Å². The summed E-state index contributed by atoms with van der Waals surface area (Å²) in [6, 6.07) is 2.43. The number of furan rings is 1. The van der Waals surface area contributed by atoms with Gasteiger partial charge in [0.25, 0.3) is 10.0 Å². The highest BCUT2D eigenvalue weighted by Gasteiger charge is 2.20. The molecule has 3 N–H and O–H groups in total. The fourth-order valence-corrected chi connectivity index (χ4v) is 2.02. The second kappa shape index (κ2) is 7.37. The normalized spacial score (nSPS) is 10.8. The summed E-state index contributed by atoms with van der Waals surface area (Å²) in [5.74, 6) is -0.854. The number of halogens is 1. The van der Waals surface area contributed by atoms with E-state index in [4.69, 9.17) is 10.2 Å².